The van der Waals surface area contributed by atoms with Crippen molar-refractivity contribution < 1.29 is 14.3 Å². The van der Waals surface area contributed by atoms with Crippen LogP contribution >= 0.6 is 15.9 Å². The van der Waals surface area contributed by atoms with Gasteiger partial charge in [-0.1, -0.05) is 6.07 Å². The minimum atomic E-state index is -0.334. The zero-order valence-corrected chi connectivity index (χ0v) is 12.3. The molecule has 106 valence electrons. The Morgan fingerprint density at radius 2 is 2.19 bits per heavy atom. The van der Waals surface area contributed by atoms with Gasteiger partial charge in [0, 0.05) is 5.69 Å². The van der Waals surface area contributed by atoms with Gasteiger partial charge in [0.15, 0.2) is 6.61 Å². The van der Waals surface area contributed by atoms with E-state index in [-0.39, 0.29) is 18.4 Å². The number of aromatic nitrogens is 1. The molecule has 0 bridgehead atoms. The third kappa shape index (κ3) is 3.03. The maximum absolute atomic E-state index is 12.1. The molecular weight excluding hydrogens is 338 g/mol. The summed E-state index contributed by atoms with van der Waals surface area (Å²) < 4.78 is 5.84. The summed E-state index contributed by atoms with van der Waals surface area (Å²) >= 11 is 3.22. The van der Waals surface area contributed by atoms with Gasteiger partial charge in [-0.25, -0.2) is 4.98 Å². The molecular formula is C14H10BrN3O3. The van der Waals surface area contributed by atoms with E-state index in [9.17, 15) is 9.59 Å². The minimum Gasteiger partial charge on any atom is -0.482 e. The Labute approximate surface area is 128 Å². The fourth-order valence-electron chi connectivity index (χ4n) is 1.89. The molecule has 2 aromatic rings. The molecule has 7 heteroatoms. The van der Waals surface area contributed by atoms with E-state index in [2.05, 4.69) is 31.5 Å². The summed E-state index contributed by atoms with van der Waals surface area (Å²) in [7, 11) is 0. The molecule has 0 fully saturated rings. The summed E-state index contributed by atoms with van der Waals surface area (Å²) in [5.41, 5.74) is 1.37. The molecule has 0 atom stereocenters. The molecule has 0 saturated carbocycles. The molecule has 3 rings (SSSR count). The molecule has 2 N–H and O–H groups in total. The lowest BCUT2D eigenvalue weighted by Crippen LogP contribution is -2.25. The van der Waals surface area contributed by atoms with E-state index in [1.165, 1.54) is 0 Å². The number of benzene rings is 1. The van der Waals surface area contributed by atoms with Crippen molar-refractivity contribution in [2.45, 2.75) is 0 Å². The predicted molar refractivity (Wildman–Crippen MR) is 80.5 cm³/mol. The normalized spacial score (nSPS) is 12.9. The number of hydrogen-bond acceptors (Lipinski definition) is 4. The van der Waals surface area contributed by atoms with E-state index >= 15 is 0 Å². The first kappa shape index (κ1) is 13.6. The number of halogens is 1. The smallest absolute Gasteiger partial charge is 0.274 e. The highest BCUT2D eigenvalue weighted by atomic mass is 79.9. The van der Waals surface area contributed by atoms with Crippen molar-refractivity contribution >= 4 is 39.1 Å². The quantitative estimate of drug-likeness (QED) is 0.817. The van der Waals surface area contributed by atoms with Gasteiger partial charge in [0.25, 0.3) is 11.8 Å². The van der Waals surface area contributed by atoms with Crippen LogP contribution in [-0.2, 0) is 4.79 Å². The SMILES string of the molecule is O=C1COc2ccc(NC(=O)c3cccc(Br)n3)cc2N1. The van der Waals surface area contributed by atoms with Crippen molar-refractivity contribution in [2.75, 3.05) is 17.2 Å². The largest absolute Gasteiger partial charge is 0.482 e. The molecule has 0 spiro atoms. The van der Waals surface area contributed by atoms with Gasteiger partial charge in [0.05, 0.1) is 5.69 Å². The van der Waals surface area contributed by atoms with Crippen LogP contribution in [0.5, 0.6) is 5.75 Å². The topological polar surface area (TPSA) is 80.3 Å². The summed E-state index contributed by atoms with van der Waals surface area (Å²) in [5, 5.41) is 5.41. The Hall–Kier alpha value is -2.41. The molecule has 1 aliphatic heterocycles. The molecule has 1 aromatic heterocycles. The number of anilines is 2. The van der Waals surface area contributed by atoms with Gasteiger partial charge in [-0.05, 0) is 46.3 Å². The van der Waals surface area contributed by atoms with E-state index in [1.54, 1.807) is 36.4 Å². The average Bonchev–Trinajstić information content (AvgIpc) is 2.46. The zero-order valence-electron chi connectivity index (χ0n) is 10.7. The number of carbonyl (C=O) groups is 2. The third-order valence-corrected chi connectivity index (χ3v) is 3.26. The molecule has 1 aromatic carbocycles. The molecule has 2 heterocycles. The van der Waals surface area contributed by atoms with Gasteiger partial charge in [-0.3, -0.25) is 9.59 Å². The number of fused-ring (bicyclic) bond motifs is 1. The highest BCUT2D eigenvalue weighted by molar-refractivity contribution is 9.10. The van der Waals surface area contributed by atoms with Gasteiger partial charge in [0.1, 0.15) is 16.0 Å². The van der Waals surface area contributed by atoms with Crippen LogP contribution in [-0.4, -0.2) is 23.4 Å². The van der Waals surface area contributed by atoms with Gasteiger partial charge in [0.2, 0.25) is 0 Å². The van der Waals surface area contributed by atoms with Gasteiger partial charge in [-0.2, -0.15) is 0 Å². The first-order chi connectivity index (χ1) is 10.1. The number of nitrogens with one attached hydrogen (secondary N) is 2. The Morgan fingerprint density at radius 1 is 1.33 bits per heavy atom. The molecule has 0 saturated heterocycles. The van der Waals surface area contributed by atoms with Crippen LogP contribution in [0.1, 0.15) is 10.5 Å². The number of pyridine rings is 1. The average molecular weight is 348 g/mol. The van der Waals surface area contributed by atoms with Crippen molar-refractivity contribution in [2.24, 2.45) is 0 Å². The zero-order chi connectivity index (χ0) is 14.8. The van der Waals surface area contributed by atoms with E-state index in [1.807, 2.05) is 0 Å². The second-order valence-electron chi connectivity index (χ2n) is 4.35. The predicted octanol–water partition coefficient (Wildman–Crippen LogP) is 2.43. The number of hydrogen-bond donors (Lipinski definition) is 2. The van der Waals surface area contributed by atoms with E-state index in [0.29, 0.717) is 27.4 Å². The van der Waals surface area contributed by atoms with Crippen molar-refractivity contribution in [1.82, 2.24) is 4.98 Å². The number of amides is 2. The van der Waals surface area contributed by atoms with Gasteiger partial charge >= 0.3 is 0 Å². The van der Waals surface area contributed by atoms with Gasteiger partial charge in [-0.15, -0.1) is 0 Å². The van der Waals surface area contributed by atoms with Crippen LogP contribution in [0.3, 0.4) is 0 Å². The van der Waals surface area contributed by atoms with Crippen LogP contribution in [0.15, 0.2) is 41.0 Å². The lowest BCUT2D eigenvalue weighted by atomic mass is 10.2. The van der Waals surface area contributed by atoms with Crippen molar-refractivity contribution in [1.29, 1.82) is 0 Å². The molecule has 0 radical (unpaired) electrons. The Kier molecular flexibility index (Phi) is 3.57. The summed E-state index contributed by atoms with van der Waals surface area (Å²) in [6.45, 7) is 0.000663. The fraction of sp³-hybridized carbons (Fsp3) is 0.0714. The second kappa shape index (κ2) is 5.53. The Balaban J connectivity index is 1.80. The van der Waals surface area contributed by atoms with E-state index < -0.39 is 0 Å². The summed E-state index contributed by atoms with van der Waals surface area (Å²) in [5.74, 6) is 0.0205. The van der Waals surface area contributed by atoms with Crippen LogP contribution < -0.4 is 15.4 Å². The van der Waals surface area contributed by atoms with Crippen LogP contribution in [0, 0.1) is 0 Å². The van der Waals surface area contributed by atoms with E-state index in [4.69, 9.17) is 4.74 Å². The highest BCUT2D eigenvalue weighted by Crippen LogP contribution is 2.30. The standard InChI is InChI=1S/C14H10BrN3O3/c15-12-3-1-2-9(17-12)14(20)16-8-4-5-11-10(6-8)18-13(19)7-21-11/h1-6H,7H2,(H,16,20)(H,18,19). The molecule has 0 unspecified atom stereocenters. The molecule has 1 aliphatic rings. The van der Waals surface area contributed by atoms with Gasteiger partial charge < -0.3 is 15.4 Å². The maximum atomic E-state index is 12.1. The van der Waals surface area contributed by atoms with Crippen molar-refractivity contribution in [3.63, 3.8) is 0 Å². The first-order valence-corrected chi connectivity index (χ1v) is 6.92. The summed E-state index contributed by atoms with van der Waals surface area (Å²) in [6, 6.07) is 10.1. The van der Waals surface area contributed by atoms with Crippen molar-refractivity contribution in [3.8, 4) is 5.75 Å². The monoisotopic (exact) mass is 347 g/mol. The van der Waals surface area contributed by atoms with Crippen molar-refractivity contribution in [3.05, 3.63) is 46.7 Å². The Bertz CT molecular complexity index is 733. The molecule has 0 aliphatic carbocycles. The maximum Gasteiger partial charge on any atom is 0.274 e. The number of ether oxygens (including phenoxy) is 1. The second-order valence-corrected chi connectivity index (χ2v) is 5.16. The summed E-state index contributed by atoms with van der Waals surface area (Å²) in [4.78, 5) is 27.4. The minimum absolute atomic E-state index is 0.000663. The Morgan fingerprint density at radius 3 is 3.00 bits per heavy atom. The number of nitrogens with zero attached hydrogens (tertiary/aromatic N) is 1. The third-order valence-electron chi connectivity index (χ3n) is 2.82. The van der Waals surface area contributed by atoms with Crippen LogP contribution in [0.4, 0.5) is 11.4 Å². The molecule has 2 amide bonds. The van der Waals surface area contributed by atoms with Crippen LogP contribution in [0.25, 0.3) is 0 Å². The molecule has 21 heavy (non-hydrogen) atoms. The summed E-state index contributed by atoms with van der Waals surface area (Å²) in [6.07, 6.45) is 0. The molecule has 6 nitrogen and oxygen atoms in total. The van der Waals surface area contributed by atoms with E-state index in [0.717, 1.165) is 0 Å². The lowest BCUT2D eigenvalue weighted by Gasteiger charge is -2.18. The van der Waals surface area contributed by atoms with Crippen LogP contribution in [0.2, 0.25) is 0 Å². The highest BCUT2D eigenvalue weighted by Gasteiger charge is 2.17. The number of carbonyl (C=O) groups excluding carboxylic acids is 2. The lowest BCUT2D eigenvalue weighted by molar-refractivity contribution is -0.118. The first-order valence-electron chi connectivity index (χ1n) is 6.12. The number of rotatable bonds is 2. The fourth-order valence-corrected chi connectivity index (χ4v) is 2.23.